The number of halogens is 1. The maximum absolute atomic E-state index is 11.6. The molecular formula is C11H21ClN2O. The van der Waals surface area contributed by atoms with Crippen molar-refractivity contribution in [3.05, 3.63) is 0 Å². The second-order valence-electron chi connectivity index (χ2n) is 4.55. The van der Waals surface area contributed by atoms with Crippen LogP contribution in [0.2, 0.25) is 0 Å². The van der Waals surface area contributed by atoms with Gasteiger partial charge < -0.3 is 9.80 Å². The van der Waals surface area contributed by atoms with E-state index in [1.165, 1.54) is 12.8 Å². The van der Waals surface area contributed by atoms with Gasteiger partial charge in [0, 0.05) is 18.6 Å². The summed E-state index contributed by atoms with van der Waals surface area (Å²) in [5.41, 5.74) is 0. The van der Waals surface area contributed by atoms with Crippen LogP contribution < -0.4 is 0 Å². The number of alkyl halides is 1. The van der Waals surface area contributed by atoms with Gasteiger partial charge in [-0.25, -0.2) is 0 Å². The Balaban J connectivity index is 2.54. The topological polar surface area (TPSA) is 23.6 Å². The summed E-state index contributed by atoms with van der Waals surface area (Å²) in [6.45, 7) is 6.05. The van der Waals surface area contributed by atoms with Gasteiger partial charge in [-0.15, -0.1) is 11.6 Å². The van der Waals surface area contributed by atoms with Crippen molar-refractivity contribution in [3.8, 4) is 0 Å². The predicted molar refractivity (Wildman–Crippen MR) is 63.2 cm³/mol. The molecule has 0 bridgehead atoms. The first-order chi connectivity index (χ1) is 7.06. The molecule has 1 heterocycles. The molecule has 4 heteroatoms. The number of amides is 1. The fourth-order valence-electron chi connectivity index (χ4n) is 2.11. The Hall–Kier alpha value is -0.280. The smallest absolute Gasteiger partial charge is 0.237 e. The van der Waals surface area contributed by atoms with Gasteiger partial charge in [-0.1, -0.05) is 0 Å². The number of carbonyl (C=O) groups is 1. The number of likely N-dealkylation sites (N-methyl/N-ethyl adjacent to an activating group) is 1. The first-order valence-corrected chi connectivity index (χ1v) is 6.15. The molecule has 1 amide bonds. The van der Waals surface area contributed by atoms with Crippen LogP contribution in [0.3, 0.4) is 0 Å². The third-order valence-electron chi connectivity index (χ3n) is 3.14. The molecule has 1 aliphatic heterocycles. The Morgan fingerprint density at radius 2 is 2.27 bits per heavy atom. The average Bonchev–Trinajstić information content (AvgIpc) is 2.59. The van der Waals surface area contributed by atoms with E-state index in [0.717, 1.165) is 13.1 Å². The first kappa shape index (κ1) is 12.8. The Kier molecular flexibility index (Phi) is 4.87. The molecular weight excluding hydrogens is 212 g/mol. The van der Waals surface area contributed by atoms with Crippen molar-refractivity contribution in [2.45, 2.75) is 38.8 Å². The van der Waals surface area contributed by atoms with E-state index in [9.17, 15) is 4.79 Å². The molecule has 1 saturated heterocycles. The molecule has 1 atom stereocenters. The zero-order chi connectivity index (χ0) is 11.4. The number of hydrogen-bond acceptors (Lipinski definition) is 2. The van der Waals surface area contributed by atoms with Crippen LogP contribution in [-0.2, 0) is 4.79 Å². The van der Waals surface area contributed by atoms with Gasteiger partial charge in [0.2, 0.25) is 5.91 Å². The Morgan fingerprint density at radius 3 is 2.67 bits per heavy atom. The molecule has 88 valence electrons. The molecule has 3 nitrogen and oxygen atoms in total. The lowest BCUT2D eigenvalue weighted by Crippen LogP contribution is -2.45. The number of carbonyl (C=O) groups excluding carboxylic acids is 1. The lowest BCUT2D eigenvalue weighted by molar-refractivity contribution is -0.130. The van der Waals surface area contributed by atoms with Gasteiger partial charge in [-0.3, -0.25) is 4.79 Å². The van der Waals surface area contributed by atoms with E-state index >= 15 is 0 Å². The highest BCUT2D eigenvalue weighted by atomic mass is 35.5. The van der Waals surface area contributed by atoms with Gasteiger partial charge in [-0.05, 0) is 40.3 Å². The van der Waals surface area contributed by atoms with Crippen LogP contribution in [0.25, 0.3) is 0 Å². The van der Waals surface area contributed by atoms with Crippen molar-refractivity contribution in [2.24, 2.45) is 0 Å². The molecule has 0 N–H and O–H groups in total. The molecule has 0 aromatic heterocycles. The van der Waals surface area contributed by atoms with Crippen LogP contribution >= 0.6 is 11.6 Å². The van der Waals surface area contributed by atoms with Crippen LogP contribution in [0.4, 0.5) is 0 Å². The van der Waals surface area contributed by atoms with Gasteiger partial charge in [0.15, 0.2) is 0 Å². The molecule has 0 aromatic carbocycles. The predicted octanol–water partition coefficient (Wildman–Crippen LogP) is 1.56. The highest BCUT2D eigenvalue weighted by Crippen LogP contribution is 2.17. The van der Waals surface area contributed by atoms with Crippen molar-refractivity contribution in [2.75, 3.05) is 26.0 Å². The SMILES string of the molecule is CC(C)N(C[C@H]1CCCN1C)C(=O)CCl. The van der Waals surface area contributed by atoms with Crippen molar-refractivity contribution >= 4 is 17.5 Å². The highest BCUT2D eigenvalue weighted by Gasteiger charge is 2.26. The van der Waals surface area contributed by atoms with Crippen molar-refractivity contribution in [3.63, 3.8) is 0 Å². The summed E-state index contributed by atoms with van der Waals surface area (Å²) >= 11 is 5.61. The Labute approximate surface area is 97.4 Å². The molecule has 1 fully saturated rings. The zero-order valence-corrected chi connectivity index (χ0v) is 10.6. The van der Waals surface area contributed by atoms with E-state index in [4.69, 9.17) is 11.6 Å². The van der Waals surface area contributed by atoms with Crippen LogP contribution in [0.1, 0.15) is 26.7 Å². The number of likely N-dealkylation sites (tertiary alicyclic amines) is 1. The van der Waals surface area contributed by atoms with Gasteiger partial charge in [-0.2, -0.15) is 0 Å². The van der Waals surface area contributed by atoms with E-state index in [1.807, 2.05) is 18.7 Å². The van der Waals surface area contributed by atoms with Crippen molar-refractivity contribution in [1.29, 1.82) is 0 Å². The lowest BCUT2D eigenvalue weighted by atomic mass is 10.2. The minimum atomic E-state index is 0.0481. The minimum Gasteiger partial charge on any atom is -0.338 e. The zero-order valence-electron chi connectivity index (χ0n) is 9.87. The second-order valence-corrected chi connectivity index (χ2v) is 4.82. The molecule has 0 saturated carbocycles. The molecule has 0 aliphatic carbocycles. The van der Waals surface area contributed by atoms with Gasteiger partial charge in [0.1, 0.15) is 5.88 Å². The lowest BCUT2D eigenvalue weighted by Gasteiger charge is -2.31. The summed E-state index contributed by atoms with van der Waals surface area (Å²) in [5, 5.41) is 0. The number of nitrogens with zero attached hydrogens (tertiary/aromatic N) is 2. The van der Waals surface area contributed by atoms with E-state index < -0.39 is 0 Å². The first-order valence-electron chi connectivity index (χ1n) is 5.62. The summed E-state index contributed by atoms with van der Waals surface area (Å²) < 4.78 is 0. The molecule has 1 rings (SSSR count). The van der Waals surface area contributed by atoms with Gasteiger partial charge >= 0.3 is 0 Å². The van der Waals surface area contributed by atoms with Crippen molar-refractivity contribution < 1.29 is 4.79 Å². The molecule has 0 radical (unpaired) electrons. The summed E-state index contributed by atoms with van der Waals surface area (Å²) in [7, 11) is 2.13. The normalized spacial score (nSPS) is 22.3. The summed E-state index contributed by atoms with van der Waals surface area (Å²) in [6, 6.07) is 0.754. The Morgan fingerprint density at radius 1 is 1.60 bits per heavy atom. The maximum atomic E-state index is 11.6. The third-order valence-corrected chi connectivity index (χ3v) is 3.37. The quantitative estimate of drug-likeness (QED) is 0.687. The van der Waals surface area contributed by atoms with Crippen molar-refractivity contribution in [1.82, 2.24) is 9.80 Å². The second kappa shape index (κ2) is 5.71. The largest absolute Gasteiger partial charge is 0.338 e. The summed E-state index contributed by atoms with van der Waals surface area (Å²) in [4.78, 5) is 15.8. The maximum Gasteiger partial charge on any atom is 0.237 e. The highest BCUT2D eigenvalue weighted by molar-refractivity contribution is 6.27. The minimum absolute atomic E-state index is 0.0481. The number of rotatable bonds is 4. The van der Waals surface area contributed by atoms with Gasteiger partial charge in [0.05, 0.1) is 0 Å². The van der Waals surface area contributed by atoms with E-state index in [1.54, 1.807) is 0 Å². The van der Waals surface area contributed by atoms with Gasteiger partial charge in [0.25, 0.3) is 0 Å². The fourth-order valence-corrected chi connectivity index (χ4v) is 2.27. The van der Waals surface area contributed by atoms with E-state index in [2.05, 4.69) is 11.9 Å². The van der Waals surface area contributed by atoms with E-state index in [0.29, 0.717) is 6.04 Å². The monoisotopic (exact) mass is 232 g/mol. The molecule has 0 spiro atoms. The van der Waals surface area contributed by atoms with Crippen LogP contribution in [0.15, 0.2) is 0 Å². The third kappa shape index (κ3) is 3.35. The fraction of sp³-hybridized carbons (Fsp3) is 0.909. The standard InChI is InChI=1S/C11H21ClN2O/c1-9(2)14(11(15)7-12)8-10-5-4-6-13(10)3/h9-10H,4-8H2,1-3H3/t10-/m1/s1. The summed E-state index contributed by atoms with van der Waals surface area (Å²) in [5.74, 6) is 0.140. The van der Waals surface area contributed by atoms with E-state index in [-0.39, 0.29) is 17.8 Å². The molecule has 0 aromatic rings. The van der Waals surface area contributed by atoms with Crippen LogP contribution in [0.5, 0.6) is 0 Å². The molecule has 0 unspecified atom stereocenters. The summed E-state index contributed by atoms with van der Waals surface area (Å²) in [6.07, 6.45) is 2.43. The Bertz CT molecular complexity index is 221. The molecule has 1 aliphatic rings. The average molecular weight is 233 g/mol. The van der Waals surface area contributed by atoms with Crippen LogP contribution in [-0.4, -0.2) is 53.8 Å². The number of hydrogen-bond donors (Lipinski definition) is 0. The van der Waals surface area contributed by atoms with Crippen LogP contribution in [0, 0.1) is 0 Å². The molecule has 15 heavy (non-hydrogen) atoms.